The first-order valence-electron chi connectivity index (χ1n) is 10.2. The molecule has 0 saturated carbocycles. The van der Waals surface area contributed by atoms with Crippen LogP contribution in [0, 0.1) is 5.82 Å². The summed E-state index contributed by atoms with van der Waals surface area (Å²) < 4.78 is 61.5. The van der Waals surface area contributed by atoms with Gasteiger partial charge in [-0.3, -0.25) is 4.72 Å². The zero-order chi connectivity index (χ0) is 25.2. The number of anilines is 1. The van der Waals surface area contributed by atoms with Crippen LogP contribution >= 0.6 is 0 Å². The average molecular weight is 501 g/mol. The lowest BCUT2D eigenvalue weighted by Gasteiger charge is -2.10. The number of hydrogen-bond donors (Lipinski definition) is 2. The van der Waals surface area contributed by atoms with Crippen LogP contribution in [0.5, 0.6) is 23.0 Å². The van der Waals surface area contributed by atoms with E-state index in [4.69, 9.17) is 18.6 Å². The van der Waals surface area contributed by atoms with Gasteiger partial charge in [-0.05, 0) is 54.6 Å². The second kappa shape index (κ2) is 9.55. The number of rotatable bonds is 7. The Balaban J connectivity index is 1.76. The number of carbonyl (C=O) groups is 1. The van der Waals surface area contributed by atoms with E-state index in [9.17, 15) is 17.6 Å². The largest absolute Gasteiger partial charge is 0.495 e. The molecule has 3 aromatic carbocycles. The molecule has 0 unspecified atom stereocenters. The molecule has 35 heavy (non-hydrogen) atoms. The Kier molecular flexibility index (Phi) is 6.52. The molecule has 4 rings (SSSR count). The van der Waals surface area contributed by atoms with Crippen molar-refractivity contribution >= 4 is 32.8 Å². The highest BCUT2D eigenvalue weighted by atomic mass is 32.2. The molecule has 11 heteroatoms. The van der Waals surface area contributed by atoms with Gasteiger partial charge < -0.3 is 23.9 Å². The van der Waals surface area contributed by atoms with Crippen molar-refractivity contribution in [1.29, 1.82) is 0 Å². The lowest BCUT2D eigenvalue weighted by atomic mass is 10.1. The van der Waals surface area contributed by atoms with Gasteiger partial charge in [0.05, 0.1) is 24.4 Å². The van der Waals surface area contributed by atoms with Crippen molar-refractivity contribution in [3.05, 3.63) is 66.5 Å². The summed E-state index contributed by atoms with van der Waals surface area (Å²) in [5.41, 5.74) is 0.984. The molecule has 0 aliphatic carbocycles. The minimum Gasteiger partial charge on any atom is -0.495 e. The summed E-state index contributed by atoms with van der Waals surface area (Å²) in [6, 6.07) is 15.3. The van der Waals surface area contributed by atoms with E-state index in [1.165, 1.54) is 50.6 Å². The number of carbonyl (C=O) groups excluding carboxylic acids is 1. The number of ether oxygens (including phenoxy) is 3. The molecule has 0 aliphatic heterocycles. The lowest BCUT2D eigenvalue weighted by Crippen LogP contribution is -2.22. The Morgan fingerprint density at radius 2 is 1.63 bits per heavy atom. The average Bonchev–Trinajstić information content (AvgIpc) is 3.16. The molecular weight excluding hydrogens is 479 g/mol. The highest BCUT2D eigenvalue weighted by Gasteiger charge is 2.23. The van der Waals surface area contributed by atoms with Crippen LogP contribution in [0.4, 0.5) is 14.9 Å². The van der Waals surface area contributed by atoms with Gasteiger partial charge in [-0.2, -0.15) is 0 Å². The van der Waals surface area contributed by atoms with Crippen molar-refractivity contribution in [2.24, 2.45) is 0 Å². The molecule has 0 saturated heterocycles. The highest BCUT2D eigenvalue weighted by molar-refractivity contribution is 7.92. The smallest absolute Gasteiger partial charge is 0.412 e. The van der Waals surface area contributed by atoms with E-state index in [0.717, 1.165) is 6.26 Å². The quantitative estimate of drug-likeness (QED) is 0.361. The SMILES string of the molecule is CNC(=O)Oc1c(-c2ccc(Oc3ccc(F)cc3)cc2)oc2cc(NS(C)(=O)=O)c(OC)cc12. The van der Waals surface area contributed by atoms with E-state index >= 15 is 0 Å². The molecule has 0 spiro atoms. The normalized spacial score (nSPS) is 11.2. The first kappa shape index (κ1) is 23.9. The molecular formula is C24H21FN2O7S. The fraction of sp³-hybridized carbons (Fsp3) is 0.125. The van der Waals surface area contributed by atoms with Crippen LogP contribution in [0.3, 0.4) is 0 Å². The van der Waals surface area contributed by atoms with E-state index in [2.05, 4.69) is 10.0 Å². The second-order valence-corrected chi connectivity index (χ2v) is 9.15. The molecule has 182 valence electrons. The Bertz CT molecular complexity index is 1480. The second-order valence-electron chi connectivity index (χ2n) is 7.40. The van der Waals surface area contributed by atoms with Crippen molar-refractivity contribution in [3.63, 3.8) is 0 Å². The molecule has 0 atom stereocenters. The molecule has 0 aliphatic rings. The summed E-state index contributed by atoms with van der Waals surface area (Å²) in [5, 5.41) is 2.78. The third kappa shape index (κ3) is 5.46. The van der Waals surface area contributed by atoms with Crippen LogP contribution in [-0.2, 0) is 10.0 Å². The van der Waals surface area contributed by atoms with Gasteiger partial charge in [0.2, 0.25) is 10.0 Å². The van der Waals surface area contributed by atoms with Gasteiger partial charge in [0.1, 0.15) is 28.6 Å². The van der Waals surface area contributed by atoms with Gasteiger partial charge in [-0.25, -0.2) is 17.6 Å². The van der Waals surface area contributed by atoms with Crippen molar-refractivity contribution in [2.75, 3.05) is 25.1 Å². The zero-order valence-corrected chi connectivity index (χ0v) is 19.7. The number of hydrogen-bond acceptors (Lipinski definition) is 7. The highest BCUT2D eigenvalue weighted by Crippen LogP contribution is 2.44. The first-order chi connectivity index (χ1) is 16.7. The van der Waals surface area contributed by atoms with Crippen LogP contribution in [0.15, 0.2) is 65.1 Å². The molecule has 1 heterocycles. The molecule has 9 nitrogen and oxygen atoms in total. The topological polar surface area (TPSA) is 116 Å². The predicted molar refractivity (Wildman–Crippen MR) is 128 cm³/mol. The van der Waals surface area contributed by atoms with Crippen molar-refractivity contribution in [3.8, 4) is 34.3 Å². The fourth-order valence-electron chi connectivity index (χ4n) is 3.30. The zero-order valence-electron chi connectivity index (χ0n) is 18.9. The van der Waals surface area contributed by atoms with E-state index in [1.807, 2.05) is 0 Å². The number of benzene rings is 3. The molecule has 2 N–H and O–H groups in total. The molecule has 0 fully saturated rings. The van der Waals surface area contributed by atoms with Gasteiger partial charge in [0.15, 0.2) is 11.5 Å². The lowest BCUT2D eigenvalue weighted by molar-refractivity contribution is 0.203. The van der Waals surface area contributed by atoms with Crippen LogP contribution in [0.2, 0.25) is 0 Å². The number of halogens is 1. The monoisotopic (exact) mass is 500 g/mol. The van der Waals surface area contributed by atoms with Crippen molar-refractivity contribution in [1.82, 2.24) is 5.32 Å². The molecule has 1 amide bonds. The summed E-state index contributed by atoms with van der Waals surface area (Å²) in [6.45, 7) is 0. The molecule has 4 aromatic rings. The third-order valence-electron chi connectivity index (χ3n) is 4.82. The third-order valence-corrected chi connectivity index (χ3v) is 5.42. The van der Waals surface area contributed by atoms with E-state index in [-0.39, 0.29) is 34.3 Å². The summed E-state index contributed by atoms with van der Waals surface area (Å²) in [7, 11) is -0.791. The summed E-state index contributed by atoms with van der Waals surface area (Å²) >= 11 is 0. The standard InChI is InChI=1S/C24H21FN2O7S/c1-26-24(28)34-23-18-12-21(31-2)19(27-35(3,29)30)13-20(18)33-22(23)14-4-8-16(9-5-14)32-17-10-6-15(25)7-11-17/h4-13,27H,1-3H3,(H,26,28). The van der Waals surface area contributed by atoms with Crippen LogP contribution in [0.25, 0.3) is 22.3 Å². The van der Waals surface area contributed by atoms with E-state index in [1.54, 1.807) is 24.3 Å². The number of nitrogens with one attached hydrogen (secondary N) is 2. The fourth-order valence-corrected chi connectivity index (χ4v) is 3.86. The Morgan fingerprint density at radius 1 is 1.00 bits per heavy atom. The van der Waals surface area contributed by atoms with Gasteiger partial charge in [0.25, 0.3) is 0 Å². The maximum Gasteiger partial charge on any atom is 0.412 e. The number of methoxy groups -OCH3 is 1. The first-order valence-corrected chi connectivity index (χ1v) is 12.1. The number of amides is 1. The van der Waals surface area contributed by atoms with Gasteiger partial charge in [0, 0.05) is 18.7 Å². The Hall–Kier alpha value is -4.25. The van der Waals surface area contributed by atoms with Crippen molar-refractivity contribution < 1.29 is 36.2 Å². The summed E-state index contributed by atoms with van der Waals surface area (Å²) in [6.07, 6.45) is 0.294. The minimum absolute atomic E-state index is 0.121. The van der Waals surface area contributed by atoms with Crippen LogP contribution in [0.1, 0.15) is 0 Å². The van der Waals surface area contributed by atoms with Gasteiger partial charge in [-0.15, -0.1) is 0 Å². The minimum atomic E-state index is -3.59. The molecule has 1 aromatic heterocycles. The molecule has 0 bridgehead atoms. The van der Waals surface area contributed by atoms with E-state index < -0.39 is 16.1 Å². The van der Waals surface area contributed by atoms with Crippen molar-refractivity contribution in [2.45, 2.75) is 0 Å². The van der Waals surface area contributed by atoms with Crippen LogP contribution < -0.4 is 24.2 Å². The molecule has 0 radical (unpaired) electrons. The number of furan rings is 1. The van der Waals surface area contributed by atoms with Gasteiger partial charge >= 0.3 is 6.09 Å². The van der Waals surface area contributed by atoms with E-state index in [0.29, 0.717) is 22.4 Å². The predicted octanol–water partition coefficient (Wildman–Crippen LogP) is 5.13. The Morgan fingerprint density at radius 3 is 2.20 bits per heavy atom. The number of fused-ring (bicyclic) bond motifs is 1. The summed E-state index contributed by atoms with van der Waals surface area (Å²) in [4.78, 5) is 12.1. The Labute approximate surface area is 200 Å². The maximum atomic E-state index is 13.1. The summed E-state index contributed by atoms with van der Waals surface area (Å²) in [5.74, 6) is 1.15. The van der Waals surface area contributed by atoms with Gasteiger partial charge in [-0.1, -0.05) is 0 Å². The number of sulfonamides is 1. The maximum absolute atomic E-state index is 13.1. The van der Waals surface area contributed by atoms with Crippen LogP contribution in [-0.4, -0.2) is 34.9 Å².